The zero-order valence-electron chi connectivity index (χ0n) is 14.6. The quantitative estimate of drug-likeness (QED) is 0.837. The molecule has 0 aromatic heterocycles. The second-order valence-electron chi connectivity index (χ2n) is 7.55. The summed E-state index contributed by atoms with van der Waals surface area (Å²) in [4.78, 5) is 15.2. The summed E-state index contributed by atoms with van der Waals surface area (Å²) in [5, 5.41) is 3.64. The summed E-state index contributed by atoms with van der Waals surface area (Å²) in [5.41, 5.74) is 0. The van der Waals surface area contributed by atoms with Crippen LogP contribution in [0.3, 0.4) is 0 Å². The van der Waals surface area contributed by atoms with E-state index in [4.69, 9.17) is 0 Å². The average molecular weight is 294 g/mol. The van der Waals surface area contributed by atoms with Crippen LogP contribution in [0.4, 0.5) is 0 Å². The van der Waals surface area contributed by atoms with Crippen LogP contribution in [0.25, 0.3) is 0 Å². The number of carbonyl (C=O) groups is 1. The van der Waals surface area contributed by atoms with Crippen LogP contribution >= 0.6 is 0 Å². The van der Waals surface area contributed by atoms with Crippen molar-refractivity contribution in [2.24, 2.45) is 17.8 Å². The van der Waals surface area contributed by atoms with E-state index in [1.54, 1.807) is 0 Å². The summed E-state index contributed by atoms with van der Waals surface area (Å²) in [6.07, 6.45) is 7.57. The lowest BCUT2D eigenvalue weighted by atomic mass is 9.83. The molecule has 2 aliphatic rings. The summed E-state index contributed by atoms with van der Waals surface area (Å²) in [7, 11) is 0. The van der Waals surface area contributed by atoms with E-state index in [2.05, 4.69) is 44.8 Å². The maximum absolute atomic E-state index is 12.9. The number of nitrogens with zero attached hydrogens (tertiary/aromatic N) is 1. The monoisotopic (exact) mass is 294 g/mol. The van der Waals surface area contributed by atoms with Crippen molar-refractivity contribution in [3.8, 4) is 0 Å². The highest BCUT2D eigenvalue weighted by atomic mass is 16.2. The highest BCUT2D eigenvalue weighted by Gasteiger charge is 2.45. The lowest BCUT2D eigenvalue weighted by molar-refractivity contribution is -0.134. The van der Waals surface area contributed by atoms with Gasteiger partial charge in [-0.25, -0.2) is 0 Å². The summed E-state index contributed by atoms with van der Waals surface area (Å²) in [6.45, 7) is 11.1. The number of rotatable bonds is 5. The first kappa shape index (κ1) is 16.8. The van der Waals surface area contributed by atoms with Crippen molar-refractivity contribution >= 4 is 5.91 Å². The number of nitrogens with one attached hydrogen (secondary N) is 1. The molecule has 1 heterocycles. The van der Waals surface area contributed by atoms with E-state index in [0.717, 1.165) is 12.3 Å². The normalized spacial score (nSPS) is 35.5. The first-order valence-electron chi connectivity index (χ1n) is 9.07. The zero-order valence-corrected chi connectivity index (χ0v) is 14.6. The molecular weight excluding hydrogens is 260 g/mol. The Bertz CT molecular complexity index is 347. The van der Waals surface area contributed by atoms with Crippen molar-refractivity contribution < 1.29 is 4.79 Å². The van der Waals surface area contributed by atoms with Gasteiger partial charge < -0.3 is 4.90 Å². The van der Waals surface area contributed by atoms with E-state index in [0.29, 0.717) is 23.8 Å². The fourth-order valence-corrected chi connectivity index (χ4v) is 4.03. The van der Waals surface area contributed by atoms with E-state index in [9.17, 15) is 4.79 Å². The van der Waals surface area contributed by atoms with Crippen LogP contribution in [0.5, 0.6) is 0 Å². The predicted octanol–water partition coefficient (Wildman–Crippen LogP) is 3.78. The van der Waals surface area contributed by atoms with Crippen LogP contribution in [-0.4, -0.2) is 29.1 Å². The van der Waals surface area contributed by atoms with Gasteiger partial charge in [-0.3, -0.25) is 10.1 Å². The molecule has 1 saturated heterocycles. The molecule has 3 heteroatoms. The second kappa shape index (κ2) is 7.13. The van der Waals surface area contributed by atoms with Crippen LogP contribution in [0.2, 0.25) is 0 Å². The van der Waals surface area contributed by atoms with Crippen LogP contribution in [0.1, 0.15) is 73.1 Å². The average Bonchev–Trinajstić information content (AvgIpc) is 2.84. The van der Waals surface area contributed by atoms with E-state index in [1.165, 1.54) is 32.1 Å². The van der Waals surface area contributed by atoms with Gasteiger partial charge in [-0.05, 0) is 43.4 Å². The third-order valence-electron chi connectivity index (χ3n) is 5.80. The van der Waals surface area contributed by atoms with E-state index >= 15 is 0 Å². The summed E-state index contributed by atoms with van der Waals surface area (Å²) in [6, 6.07) is 0.501. The molecule has 1 amide bonds. The minimum absolute atomic E-state index is 0.0336. The van der Waals surface area contributed by atoms with Crippen molar-refractivity contribution in [2.45, 2.75) is 91.4 Å². The SMILES string of the molecule is CCC1CCC(N2C(=O)C(C(C)CC)NC2C(C)C)CC1. The highest BCUT2D eigenvalue weighted by Crippen LogP contribution is 2.34. The molecule has 2 rings (SSSR count). The first-order chi connectivity index (χ1) is 9.99. The molecule has 0 aromatic carbocycles. The molecule has 1 saturated carbocycles. The Hall–Kier alpha value is -0.570. The Labute approximate surface area is 130 Å². The lowest BCUT2D eigenvalue weighted by Gasteiger charge is -2.38. The molecule has 0 spiro atoms. The van der Waals surface area contributed by atoms with E-state index in [-0.39, 0.29) is 12.2 Å². The molecule has 3 atom stereocenters. The minimum Gasteiger partial charge on any atom is -0.323 e. The van der Waals surface area contributed by atoms with Gasteiger partial charge in [0, 0.05) is 6.04 Å². The van der Waals surface area contributed by atoms with Crippen LogP contribution in [-0.2, 0) is 4.79 Å². The molecule has 3 unspecified atom stereocenters. The smallest absolute Gasteiger partial charge is 0.241 e. The van der Waals surface area contributed by atoms with Crippen molar-refractivity contribution in [1.29, 1.82) is 0 Å². The number of hydrogen-bond donors (Lipinski definition) is 1. The standard InChI is InChI=1S/C18H34N2O/c1-6-13(5)16-18(21)20(17(19-16)12(3)4)15-10-8-14(7-2)9-11-15/h12-17,19H,6-11H2,1-5H3. The molecule has 1 N–H and O–H groups in total. The van der Waals surface area contributed by atoms with Gasteiger partial charge in [0.05, 0.1) is 12.2 Å². The number of amides is 1. The van der Waals surface area contributed by atoms with Gasteiger partial charge in [0.25, 0.3) is 0 Å². The van der Waals surface area contributed by atoms with Crippen molar-refractivity contribution in [2.75, 3.05) is 0 Å². The van der Waals surface area contributed by atoms with Gasteiger partial charge in [-0.15, -0.1) is 0 Å². The minimum atomic E-state index is 0.0336. The van der Waals surface area contributed by atoms with Crippen LogP contribution < -0.4 is 5.32 Å². The van der Waals surface area contributed by atoms with Gasteiger partial charge in [-0.1, -0.05) is 47.5 Å². The second-order valence-corrected chi connectivity index (χ2v) is 7.55. The van der Waals surface area contributed by atoms with Gasteiger partial charge in [-0.2, -0.15) is 0 Å². The molecule has 1 aliphatic heterocycles. The molecular formula is C18H34N2O. The summed E-state index contributed by atoms with van der Waals surface area (Å²) in [5.74, 6) is 2.15. The molecule has 2 fully saturated rings. The van der Waals surface area contributed by atoms with Gasteiger partial charge in [0.15, 0.2) is 0 Å². The topological polar surface area (TPSA) is 32.3 Å². The third-order valence-corrected chi connectivity index (χ3v) is 5.80. The highest BCUT2D eigenvalue weighted by molar-refractivity contribution is 5.85. The Morgan fingerprint density at radius 1 is 1.14 bits per heavy atom. The largest absolute Gasteiger partial charge is 0.323 e. The van der Waals surface area contributed by atoms with E-state index < -0.39 is 0 Å². The van der Waals surface area contributed by atoms with Crippen LogP contribution in [0, 0.1) is 17.8 Å². The lowest BCUT2D eigenvalue weighted by Crippen LogP contribution is -2.48. The fraction of sp³-hybridized carbons (Fsp3) is 0.944. The summed E-state index contributed by atoms with van der Waals surface area (Å²) >= 11 is 0. The molecule has 0 bridgehead atoms. The van der Waals surface area contributed by atoms with Gasteiger partial charge in [0.1, 0.15) is 0 Å². The van der Waals surface area contributed by atoms with E-state index in [1.807, 2.05) is 0 Å². The van der Waals surface area contributed by atoms with Crippen molar-refractivity contribution in [3.63, 3.8) is 0 Å². The van der Waals surface area contributed by atoms with Gasteiger partial charge in [0.2, 0.25) is 5.91 Å². The Morgan fingerprint density at radius 2 is 1.76 bits per heavy atom. The van der Waals surface area contributed by atoms with Crippen LogP contribution in [0.15, 0.2) is 0 Å². The maximum atomic E-state index is 12.9. The summed E-state index contributed by atoms with van der Waals surface area (Å²) < 4.78 is 0. The molecule has 122 valence electrons. The predicted molar refractivity (Wildman–Crippen MR) is 87.9 cm³/mol. The fourth-order valence-electron chi connectivity index (χ4n) is 4.03. The molecule has 3 nitrogen and oxygen atoms in total. The van der Waals surface area contributed by atoms with Crippen molar-refractivity contribution in [1.82, 2.24) is 10.2 Å². The molecule has 21 heavy (non-hydrogen) atoms. The third kappa shape index (κ3) is 3.44. The molecule has 0 aromatic rings. The Kier molecular flexibility index (Phi) is 5.70. The Morgan fingerprint density at radius 3 is 2.24 bits per heavy atom. The van der Waals surface area contributed by atoms with Crippen molar-refractivity contribution in [3.05, 3.63) is 0 Å². The first-order valence-corrected chi connectivity index (χ1v) is 9.07. The van der Waals surface area contributed by atoms with Gasteiger partial charge >= 0.3 is 0 Å². The number of carbonyl (C=O) groups excluding carboxylic acids is 1. The maximum Gasteiger partial charge on any atom is 0.241 e. The zero-order chi connectivity index (χ0) is 15.6. The molecule has 0 radical (unpaired) electrons. The number of hydrogen-bond acceptors (Lipinski definition) is 2. The molecule has 1 aliphatic carbocycles. The Balaban J connectivity index is 2.10.